The van der Waals surface area contributed by atoms with Crippen LogP contribution in [0.3, 0.4) is 0 Å². The summed E-state index contributed by atoms with van der Waals surface area (Å²) in [5.74, 6) is -1.11. The summed E-state index contributed by atoms with van der Waals surface area (Å²) in [6.07, 6.45) is 10.4. The second-order valence-corrected chi connectivity index (χ2v) is 11.9. The van der Waals surface area contributed by atoms with Crippen LogP contribution in [0, 0.1) is 11.8 Å². The summed E-state index contributed by atoms with van der Waals surface area (Å²) in [5, 5.41) is 9.09. The quantitative estimate of drug-likeness (QED) is 0.363. The maximum Gasteiger partial charge on any atom is 0.247 e. The average molecular weight is 519 g/mol. The highest BCUT2D eigenvalue weighted by atomic mass is 32.2. The van der Waals surface area contributed by atoms with Crippen LogP contribution in [0.2, 0.25) is 0 Å². The SMILES string of the molecule is CN1CC=C[C@@H]2S[C@]34C=CCN(CCN5CCOCC5)C(=O)C3N(CCCCCO)C(=O)[C@@H]4[C@@H]2C1=O. The number of aliphatic hydroxyl groups is 1. The highest BCUT2D eigenvalue weighted by Gasteiger charge is 2.70. The standard InChI is InChI=1S/C26H38N4O5S/c1-27-9-5-7-19-20(23(27)32)21-24(33)30(11-3-2-4-16-31)22-25(34)29(10-6-8-26(21,22)36-19)13-12-28-14-17-35-18-15-28/h5-8,19-22,31H,2-4,9-18H2,1H3/t19-,20+,21-,22?,26-/m0/s1. The summed E-state index contributed by atoms with van der Waals surface area (Å²) in [4.78, 5) is 49.3. The van der Waals surface area contributed by atoms with Gasteiger partial charge in [0.1, 0.15) is 6.04 Å². The van der Waals surface area contributed by atoms with Crippen molar-refractivity contribution in [1.29, 1.82) is 0 Å². The van der Waals surface area contributed by atoms with Gasteiger partial charge in [0.15, 0.2) is 0 Å². The second kappa shape index (κ2) is 10.8. The topological polar surface area (TPSA) is 93.6 Å². The van der Waals surface area contributed by atoms with Gasteiger partial charge in [-0.3, -0.25) is 19.3 Å². The van der Waals surface area contributed by atoms with E-state index in [2.05, 4.69) is 17.1 Å². The molecule has 3 amide bonds. The average Bonchev–Trinajstić information content (AvgIpc) is 3.20. The van der Waals surface area contributed by atoms with Gasteiger partial charge in [-0.05, 0) is 19.3 Å². The first-order valence-corrected chi connectivity index (χ1v) is 14.1. The molecule has 0 aromatic carbocycles. The highest BCUT2D eigenvalue weighted by Crippen LogP contribution is 2.60. The molecule has 1 unspecified atom stereocenters. The Bertz CT molecular complexity index is 922. The molecule has 9 nitrogen and oxygen atoms in total. The predicted molar refractivity (Wildman–Crippen MR) is 137 cm³/mol. The Kier molecular flexibility index (Phi) is 7.76. The van der Waals surface area contributed by atoms with Crippen molar-refractivity contribution in [2.75, 3.05) is 72.7 Å². The van der Waals surface area contributed by atoms with E-state index in [4.69, 9.17) is 4.74 Å². The van der Waals surface area contributed by atoms with Gasteiger partial charge in [-0.25, -0.2) is 0 Å². The van der Waals surface area contributed by atoms with Crippen LogP contribution in [0.1, 0.15) is 19.3 Å². The fraction of sp³-hybridized carbons (Fsp3) is 0.731. The Morgan fingerprint density at radius 1 is 1.00 bits per heavy atom. The number of unbranched alkanes of at least 4 members (excludes halogenated alkanes) is 2. The molecule has 10 heteroatoms. The van der Waals surface area contributed by atoms with E-state index in [1.807, 2.05) is 17.1 Å². The molecule has 0 aliphatic carbocycles. The molecule has 5 atom stereocenters. The van der Waals surface area contributed by atoms with Gasteiger partial charge in [-0.2, -0.15) is 0 Å². The number of fused-ring (bicyclic) bond motifs is 2. The van der Waals surface area contributed by atoms with Gasteiger partial charge in [0.25, 0.3) is 0 Å². The lowest BCUT2D eigenvalue weighted by Gasteiger charge is -2.36. The minimum atomic E-state index is -0.744. The smallest absolute Gasteiger partial charge is 0.247 e. The maximum absolute atomic E-state index is 14.2. The number of carbonyl (C=O) groups is 3. The normalized spacial score (nSPS) is 34.6. The molecule has 0 saturated carbocycles. The van der Waals surface area contributed by atoms with Crippen LogP contribution in [-0.4, -0.2) is 131 Å². The van der Waals surface area contributed by atoms with Crippen LogP contribution in [0.4, 0.5) is 0 Å². The van der Waals surface area contributed by atoms with Crippen molar-refractivity contribution in [1.82, 2.24) is 19.6 Å². The van der Waals surface area contributed by atoms with Crippen LogP contribution in [0.15, 0.2) is 24.3 Å². The van der Waals surface area contributed by atoms with Gasteiger partial charge in [0, 0.05) is 64.7 Å². The summed E-state index contributed by atoms with van der Waals surface area (Å²) >= 11 is 1.63. The Labute approximate surface area is 217 Å². The fourth-order valence-electron chi connectivity index (χ4n) is 6.41. The van der Waals surface area contributed by atoms with Crippen LogP contribution < -0.4 is 0 Å². The number of morpholine rings is 1. The first kappa shape index (κ1) is 25.8. The van der Waals surface area contributed by atoms with E-state index >= 15 is 0 Å². The van der Waals surface area contributed by atoms with Gasteiger partial charge in [0.05, 0.1) is 29.8 Å². The van der Waals surface area contributed by atoms with E-state index in [1.54, 1.807) is 28.6 Å². The molecule has 3 saturated heterocycles. The van der Waals surface area contributed by atoms with Crippen molar-refractivity contribution in [3.8, 4) is 0 Å². The molecule has 198 valence electrons. The van der Waals surface area contributed by atoms with E-state index in [0.29, 0.717) is 45.8 Å². The monoisotopic (exact) mass is 518 g/mol. The molecular formula is C26H38N4O5S. The van der Waals surface area contributed by atoms with E-state index in [-0.39, 0.29) is 29.6 Å². The molecule has 3 fully saturated rings. The third-order valence-corrected chi connectivity index (χ3v) is 10.0. The zero-order chi connectivity index (χ0) is 25.3. The lowest BCUT2D eigenvalue weighted by atomic mass is 9.78. The van der Waals surface area contributed by atoms with Gasteiger partial charge >= 0.3 is 0 Å². The number of likely N-dealkylation sites (N-methyl/N-ethyl adjacent to an activating group) is 1. The molecular weight excluding hydrogens is 480 g/mol. The van der Waals surface area contributed by atoms with Crippen molar-refractivity contribution in [3.05, 3.63) is 24.3 Å². The Hall–Kier alpha value is -1.88. The van der Waals surface area contributed by atoms with E-state index in [0.717, 1.165) is 32.5 Å². The van der Waals surface area contributed by atoms with Crippen LogP contribution in [0.5, 0.6) is 0 Å². The zero-order valence-electron chi connectivity index (χ0n) is 21.1. The molecule has 1 N–H and O–H groups in total. The van der Waals surface area contributed by atoms with Gasteiger partial charge in [-0.1, -0.05) is 24.3 Å². The number of amides is 3. The van der Waals surface area contributed by atoms with Gasteiger partial charge in [-0.15, -0.1) is 11.8 Å². The molecule has 0 bridgehead atoms. The van der Waals surface area contributed by atoms with Gasteiger partial charge < -0.3 is 24.5 Å². The zero-order valence-corrected chi connectivity index (χ0v) is 21.9. The van der Waals surface area contributed by atoms with E-state index in [9.17, 15) is 19.5 Å². The minimum absolute atomic E-state index is 0.0112. The molecule has 5 rings (SSSR count). The molecule has 5 heterocycles. The number of thioether (sulfide) groups is 1. The second-order valence-electron chi connectivity index (χ2n) is 10.4. The third-order valence-electron chi connectivity index (χ3n) is 8.29. The Balaban J connectivity index is 1.44. The van der Waals surface area contributed by atoms with E-state index in [1.165, 1.54) is 0 Å². The number of ether oxygens (including phenoxy) is 1. The lowest BCUT2D eigenvalue weighted by Crippen LogP contribution is -2.54. The van der Waals surface area contributed by atoms with Crippen LogP contribution in [0.25, 0.3) is 0 Å². The predicted octanol–water partition coefficient (Wildman–Crippen LogP) is 0.205. The Morgan fingerprint density at radius 2 is 1.81 bits per heavy atom. The molecule has 5 aliphatic heterocycles. The molecule has 36 heavy (non-hydrogen) atoms. The van der Waals surface area contributed by atoms with Crippen molar-refractivity contribution >= 4 is 29.5 Å². The summed E-state index contributed by atoms with van der Waals surface area (Å²) in [6, 6.07) is -0.615. The summed E-state index contributed by atoms with van der Waals surface area (Å²) < 4.78 is 4.71. The number of hydrogen-bond acceptors (Lipinski definition) is 7. The third kappa shape index (κ3) is 4.50. The van der Waals surface area contributed by atoms with Crippen LogP contribution in [-0.2, 0) is 19.1 Å². The molecule has 0 radical (unpaired) electrons. The molecule has 5 aliphatic rings. The number of rotatable bonds is 8. The summed E-state index contributed by atoms with van der Waals surface area (Å²) in [6.45, 7) is 6.18. The number of carbonyl (C=O) groups excluding carboxylic acids is 3. The first-order chi connectivity index (χ1) is 17.5. The number of hydrogen-bond donors (Lipinski definition) is 1. The molecule has 0 aromatic rings. The maximum atomic E-state index is 14.2. The molecule has 0 aromatic heterocycles. The van der Waals surface area contributed by atoms with Crippen molar-refractivity contribution < 1.29 is 24.2 Å². The summed E-state index contributed by atoms with van der Waals surface area (Å²) in [7, 11) is 1.79. The molecule has 1 spiro atoms. The Morgan fingerprint density at radius 3 is 2.58 bits per heavy atom. The largest absolute Gasteiger partial charge is 0.396 e. The van der Waals surface area contributed by atoms with E-state index < -0.39 is 22.6 Å². The van der Waals surface area contributed by atoms with Crippen LogP contribution >= 0.6 is 11.8 Å². The van der Waals surface area contributed by atoms with Gasteiger partial charge in [0.2, 0.25) is 17.7 Å². The van der Waals surface area contributed by atoms with Crippen molar-refractivity contribution in [2.45, 2.75) is 35.3 Å². The van der Waals surface area contributed by atoms with Crippen molar-refractivity contribution in [2.24, 2.45) is 11.8 Å². The highest BCUT2D eigenvalue weighted by molar-refractivity contribution is 8.02. The minimum Gasteiger partial charge on any atom is -0.396 e. The van der Waals surface area contributed by atoms with Crippen molar-refractivity contribution in [3.63, 3.8) is 0 Å². The summed E-state index contributed by atoms with van der Waals surface area (Å²) in [5.41, 5.74) is 0. The number of nitrogens with zero attached hydrogens (tertiary/aromatic N) is 4. The number of aliphatic hydroxyl groups excluding tert-OH is 1. The number of likely N-dealkylation sites (tertiary alicyclic amines) is 1. The lowest BCUT2D eigenvalue weighted by molar-refractivity contribution is -0.144. The first-order valence-electron chi connectivity index (χ1n) is 13.3. The fourth-order valence-corrected chi connectivity index (χ4v) is 8.42.